The Labute approximate surface area is 92.3 Å². The number of fused-ring (bicyclic) bond motifs is 1. The van der Waals surface area contributed by atoms with Crippen LogP contribution in [-0.2, 0) is 0 Å². The minimum Gasteiger partial charge on any atom is -0.374 e. The molecule has 1 aliphatic heterocycles. The summed E-state index contributed by atoms with van der Waals surface area (Å²) >= 11 is 0. The summed E-state index contributed by atoms with van der Waals surface area (Å²) in [5, 5.41) is 3.29. The van der Waals surface area contributed by atoms with Gasteiger partial charge >= 0.3 is 0 Å². The molecule has 0 spiro atoms. The van der Waals surface area contributed by atoms with Crippen molar-refractivity contribution in [2.24, 2.45) is 0 Å². The minimum atomic E-state index is 0.649. The molecule has 0 saturated carbocycles. The Morgan fingerprint density at radius 2 is 2.13 bits per heavy atom. The molecule has 1 heterocycles. The third-order valence-electron chi connectivity index (χ3n) is 3.27. The number of nitrogens with one attached hydrogen (secondary N) is 1. The van der Waals surface area contributed by atoms with Crippen molar-refractivity contribution in [3.05, 3.63) is 28.8 Å². The van der Waals surface area contributed by atoms with Gasteiger partial charge in [0.15, 0.2) is 0 Å². The monoisotopic (exact) mass is 204 g/mol. The zero-order valence-corrected chi connectivity index (χ0v) is 10.1. The Balaban J connectivity index is 2.45. The van der Waals surface area contributed by atoms with E-state index in [1.807, 2.05) is 7.05 Å². The van der Waals surface area contributed by atoms with Crippen LogP contribution in [0.1, 0.15) is 22.6 Å². The zero-order valence-electron chi connectivity index (χ0n) is 10.1. The zero-order chi connectivity index (χ0) is 11.0. The number of rotatable bonds is 2. The van der Waals surface area contributed by atoms with Gasteiger partial charge in [-0.2, -0.15) is 0 Å². The van der Waals surface area contributed by atoms with Gasteiger partial charge < -0.3 is 10.2 Å². The number of anilines is 1. The molecule has 15 heavy (non-hydrogen) atoms. The Bertz CT molecular complexity index is 371. The Kier molecular flexibility index (Phi) is 2.70. The van der Waals surface area contributed by atoms with E-state index in [9.17, 15) is 0 Å². The summed E-state index contributed by atoms with van der Waals surface area (Å²) in [6.45, 7) is 6.61. The van der Waals surface area contributed by atoms with Crippen LogP contribution in [0.3, 0.4) is 0 Å². The smallest absolute Gasteiger partial charge is 0.0405 e. The highest BCUT2D eigenvalue weighted by Crippen LogP contribution is 2.37. The molecule has 0 fully saturated rings. The maximum Gasteiger partial charge on any atom is 0.0405 e. The second kappa shape index (κ2) is 3.86. The predicted molar refractivity (Wildman–Crippen MR) is 65.9 cm³/mol. The van der Waals surface area contributed by atoms with Crippen LogP contribution < -0.4 is 10.2 Å². The number of hydrogen-bond donors (Lipinski definition) is 1. The first kappa shape index (κ1) is 10.5. The molecule has 1 aromatic rings. The van der Waals surface area contributed by atoms with Crippen LogP contribution in [0.2, 0.25) is 0 Å². The van der Waals surface area contributed by atoms with Crippen molar-refractivity contribution in [2.75, 3.05) is 32.1 Å². The first-order valence-corrected chi connectivity index (χ1v) is 5.60. The molecule has 82 valence electrons. The summed E-state index contributed by atoms with van der Waals surface area (Å²) in [5.74, 6) is 0.649. The fraction of sp³-hybridized carbons (Fsp3) is 0.538. The standard InChI is InChI=1S/C13H20N2/c1-9-5-10(2)13-11(7-14-3)8-15(4)12(13)6-9/h5-6,11,14H,7-8H2,1-4H3. The highest BCUT2D eigenvalue weighted by Gasteiger charge is 2.27. The Morgan fingerprint density at radius 3 is 2.80 bits per heavy atom. The van der Waals surface area contributed by atoms with E-state index in [0.29, 0.717) is 5.92 Å². The van der Waals surface area contributed by atoms with E-state index in [1.54, 1.807) is 0 Å². The lowest BCUT2D eigenvalue weighted by Crippen LogP contribution is -2.22. The average Bonchev–Trinajstić information content (AvgIpc) is 2.44. The molecule has 0 aromatic heterocycles. The fourth-order valence-electron chi connectivity index (χ4n) is 2.74. The molecule has 0 bridgehead atoms. The molecule has 0 amide bonds. The van der Waals surface area contributed by atoms with Gasteiger partial charge in [0.05, 0.1) is 0 Å². The second-order valence-corrected chi connectivity index (χ2v) is 4.65. The minimum absolute atomic E-state index is 0.649. The van der Waals surface area contributed by atoms with Crippen LogP contribution in [-0.4, -0.2) is 27.2 Å². The number of benzene rings is 1. The first-order chi connectivity index (χ1) is 7.13. The van der Waals surface area contributed by atoms with Crippen molar-refractivity contribution in [1.82, 2.24) is 5.32 Å². The number of nitrogens with zero attached hydrogens (tertiary/aromatic N) is 1. The van der Waals surface area contributed by atoms with Gasteiger partial charge in [-0.15, -0.1) is 0 Å². The summed E-state index contributed by atoms with van der Waals surface area (Å²) in [7, 11) is 4.22. The van der Waals surface area contributed by atoms with Crippen molar-refractivity contribution in [2.45, 2.75) is 19.8 Å². The largest absolute Gasteiger partial charge is 0.374 e. The third kappa shape index (κ3) is 1.74. The van der Waals surface area contributed by atoms with Crippen molar-refractivity contribution < 1.29 is 0 Å². The van der Waals surface area contributed by atoms with Crippen molar-refractivity contribution in [3.8, 4) is 0 Å². The molecule has 2 rings (SSSR count). The summed E-state index contributed by atoms with van der Waals surface area (Å²) < 4.78 is 0. The van der Waals surface area contributed by atoms with Gasteiger partial charge in [-0.3, -0.25) is 0 Å². The normalized spacial score (nSPS) is 19.5. The molecule has 2 nitrogen and oxygen atoms in total. The van der Waals surface area contributed by atoms with Crippen LogP contribution in [0.5, 0.6) is 0 Å². The summed E-state index contributed by atoms with van der Waals surface area (Å²) in [4.78, 5) is 2.37. The molecule has 0 radical (unpaired) electrons. The average molecular weight is 204 g/mol. The van der Waals surface area contributed by atoms with Gasteiger partial charge in [-0.25, -0.2) is 0 Å². The van der Waals surface area contributed by atoms with Gasteiger partial charge in [-0.05, 0) is 43.7 Å². The van der Waals surface area contributed by atoms with Gasteiger partial charge in [0.1, 0.15) is 0 Å². The predicted octanol–water partition coefficient (Wildman–Crippen LogP) is 2.06. The van der Waals surface area contributed by atoms with Crippen molar-refractivity contribution in [1.29, 1.82) is 0 Å². The molecular formula is C13H20N2. The number of likely N-dealkylation sites (N-methyl/N-ethyl adjacent to an activating group) is 2. The van der Waals surface area contributed by atoms with Crippen LogP contribution in [0.25, 0.3) is 0 Å². The van der Waals surface area contributed by atoms with E-state index in [0.717, 1.165) is 13.1 Å². The summed E-state index contributed by atoms with van der Waals surface area (Å²) in [6, 6.07) is 4.60. The van der Waals surface area contributed by atoms with Crippen LogP contribution in [0.4, 0.5) is 5.69 Å². The molecular weight excluding hydrogens is 184 g/mol. The number of aryl methyl sites for hydroxylation is 2. The lowest BCUT2D eigenvalue weighted by Gasteiger charge is -2.13. The van der Waals surface area contributed by atoms with E-state index in [-0.39, 0.29) is 0 Å². The summed E-state index contributed by atoms with van der Waals surface area (Å²) in [6.07, 6.45) is 0. The topological polar surface area (TPSA) is 15.3 Å². The quantitative estimate of drug-likeness (QED) is 0.793. The van der Waals surface area contributed by atoms with Crippen LogP contribution >= 0.6 is 0 Å². The van der Waals surface area contributed by atoms with Gasteiger partial charge in [-0.1, -0.05) is 6.07 Å². The van der Waals surface area contributed by atoms with Gasteiger partial charge in [0.2, 0.25) is 0 Å². The SMILES string of the molecule is CNCC1CN(C)c2cc(C)cc(C)c21. The fourth-order valence-corrected chi connectivity index (χ4v) is 2.74. The Morgan fingerprint density at radius 1 is 1.40 bits per heavy atom. The number of hydrogen-bond acceptors (Lipinski definition) is 2. The lowest BCUT2D eigenvalue weighted by molar-refractivity contribution is 0.652. The van der Waals surface area contributed by atoms with Crippen molar-refractivity contribution >= 4 is 5.69 Å². The van der Waals surface area contributed by atoms with E-state index in [2.05, 4.69) is 43.2 Å². The molecule has 2 heteroatoms. The van der Waals surface area contributed by atoms with Crippen LogP contribution in [0.15, 0.2) is 12.1 Å². The molecule has 0 saturated heterocycles. The molecule has 1 aliphatic rings. The van der Waals surface area contributed by atoms with E-state index in [4.69, 9.17) is 0 Å². The van der Waals surface area contributed by atoms with Crippen molar-refractivity contribution in [3.63, 3.8) is 0 Å². The van der Waals surface area contributed by atoms with Crippen LogP contribution in [0, 0.1) is 13.8 Å². The Hall–Kier alpha value is -1.02. The van der Waals surface area contributed by atoms with E-state index in [1.165, 1.54) is 22.4 Å². The molecule has 1 N–H and O–H groups in total. The molecule has 0 aliphatic carbocycles. The second-order valence-electron chi connectivity index (χ2n) is 4.65. The van der Waals surface area contributed by atoms with Gasteiger partial charge in [0, 0.05) is 31.7 Å². The maximum atomic E-state index is 3.29. The first-order valence-electron chi connectivity index (χ1n) is 5.60. The summed E-state index contributed by atoms with van der Waals surface area (Å²) in [5.41, 5.74) is 5.77. The maximum absolute atomic E-state index is 3.29. The molecule has 1 atom stereocenters. The lowest BCUT2D eigenvalue weighted by atomic mass is 9.95. The third-order valence-corrected chi connectivity index (χ3v) is 3.27. The molecule has 1 unspecified atom stereocenters. The highest BCUT2D eigenvalue weighted by molar-refractivity contribution is 5.64. The van der Waals surface area contributed by atoms with E-state index < -0.39 is 0 Å². The van der Waals surface area contributed by atoms with Gasteiger partial charge in [0.25, 0.3) is 0 Å². The van der Waals surface area contributed by atoms with E-state index >= 15 is 0 Å². The highest BCUT2D eigenvalue weighted by atomic mass is 15.1. The molecule has 1 aromatic carbocycles.